The van der Waals surface area contributed by atoms with Gasteiger partial charge in [-0.1, -0.05) is 16.9 Å². The number of nitrogens with one attached hydrogen (secondary N) is 1. The van der Waals surface area contributed by atoms with Crippen molar-refractivity contribution in [1.82, 2.24) is 0 Å². The number of hydrogen-bond donors (Lipinski definition) is 6. The molecule has 0 radical (unpaired) electrons. The Bertz CT molecular complexity index is 696. The molecule has 1 aliphatic rings. The summed E-state index contributed by atoms with van der Waals surface area (Å²) in [4.78, 5) is -0.444. The number of aliphatic hydroxyl groups is 4. The van der Waals surface area contributed by atoms with E-state index >= 15 is 0 Å². The van der Waals surface area contributed by atoms with Gasteiger partial charge >= 0.3 is 0 Å². The Kier molecular flexibility index (Phi) is 8.74. The van der Waals surface area contributed by atoms with E-state index in [0.29, 0.717) is 18.0 Å². The average molecular weight is 464 g/mol. The summed E-state index contributed by atoms with van der Waals surface area (Å²) >= 11 is 4.30. The smallest absolute Gasteiger partial charge is 0.229 e. The Hall–Kier alpha value is -0.720. The molecule has 5 atom stereocenters. The predicted molar refractivity (Wildman–Crippen MR) is 120 cm³/mol. The second-order valence-electron chi connectivity index (χ2n) is 8.77. The van der Waals surface area contributed by atoms with E-state index in [1.54, 1.807) is 6.07 Å². The van der Waals surface area contributed by atoms with Crippen LogP contribution in [0.2, 0.25) is 0 Å². The number of hydrogen-bond acceptors (Lipinski definition) is 10. The van der Waals surface area contributed by atoms with Crippen LogP contribution in [-0.4, -0.2) is 68.2 Å². The van der Waals surface area contributed by atoms with Crippen LogP contribution in [0, 0.1) is 0 Å². The molecule has 0 bridgehead atoms. The zero-order chi connectivity index (χ0) is 22.7. The summed E-state index contributed by atoms with van der Waals surface area (Å²) in [6.45, 7) is 9.69. The normalized spacial score (nSPS) is 27.7. The molecule has 172 valence electrons. The Morgan fingerprint density at radius 1 is 1.10 bits per heavy atom. The van der Waals surface area contributed by atoms with Crippen molar-refractivity contribution in [1.29, 1.82) is 0 Å². The summed E-state index contributed by atoms with van der Waals surface area (Å²) in [6.07, 6.45) is -6.77. The maximum Gasteiger partial charge on any atom is 0.229 e. The molecule has 0 aromatic heterocycles. The van der Waals surface area contributed by atoms with Crippen LogP contribution in [0.15, 0.2) is 18.2 Å². The van der Waals surface area contributed by atoms with Crippen molar-refractivity contribution in [3.63, 3.8) is 0 Å². The third-order valence-corrected chi connectivity index (χ3v) is 6.40. The quantitative estimate of drug-likeness (QED) is 0.195. The molecule has 1 heterocycles. The fraction of sp³-hybridized carbons (Fsp3) is 0.700. The zero-order valence-corrected chi connectivity index (χ0v) is 19.6. The van der Waals surface area contributed by atoms with Gasteiger partial charge in [-0.05, 0) is 52.3 Å². The lowest BCUT2D eigenvalue weighted by molar-refractivity contribution is -0.277. The highest BCUT2D eigenvalue weighted by atomic mass is 33.1. The van der Waals surface area contributed by atoms with Gasteiger partial charge in [-0.3, -0.25) is 0 Å². The highest BCUT2D eigenvalue weighted by Gasteiger charge is 2.45. The summed E-state index contributed by atoms with van der Waals surface area (Å²) in [5.41, 5.74) is 1.24. The van der Waals surface area contributed by atoms with E-state index in [2.05, 4.69) is 17.0 Å². The van der Waals surface area contributed by atoms with E-state index in [4.69, 9.17) is 14.2 Å². The number of benzene rings is 1. The molecule has 0 saturated carbocycles. The van der Waals surface area contributed by atoms with Crippen molar-refractivity contribution in [3.05, 3.63) is 23.8 Å². The van der Waals surface area contributed by atoms with E-state index < -0.39 is 42.2 Å². The lowest BCUT2D eigenvalue weighted by Gasteiger charge is -2.40. The number of rotatable bonds is 8. The molecule has 5 N–H and O–H groups in total. The average Bonchev–Trinajstić information content (AvgIpc) is 2.67. The third kappa shape index (κ3) is 6.89. The Balaban J connectivity index is 2.28. The Morgan fingerprint density at radius 2 is 1.77 bits per heavy atom. The highest BCUT2D eigenvalue weighted by Crippen LogP contribution is 2.36. The van der Waals surface area contributed by atoms with Crippen molar-refractivity contribution < 1.29 is 34.6 Å². The molecule has 8 nitrogen and oxygen atoms in total. The summed E-state index contributed by atoms with van der Waals surface area (Å²) in [5.74, 6) is 0.370. The first-order valence-electron chi connectivity index (χ1n) is 9.71. The standard InChI is InChI=1S/C20H33NO7S2/c1-19(2,3)26-10-11-6-7-13(12(8-11)21-20(4,5)30-29)27-18-17(25)16(24)15(23)14(9-22)28-18/h6-8,14-18,21-25,29H,9-10H2,1-5H3. The zero-order valence-electron chi connectivity index (χ0n) is 17.9. The van der Waals surface area contributed by atoms with Gasteiger partial charge < -0.3 is 40.0 Å². The topological polar surface area (TPSA) is 121 Å². The number of anilines is 1. The maximum atomic E-state index is 10.3. The van der Waals surface area contributed by atoms with Gasteiger partial charge in [-0.25, -0.2) is 0 Å². The lowest BCUT2D eigenvalue weighted by atomic mass is 9.99. The Morgan fingerprint density at radius 3 is 2.33 bits per heavy atom. The molecule has 2 rings (SSSR count). The molecule has 0 amide bonds. The fourth-order valence-electron chi connectivity index (χ4n) is 2.80. The minimum absolute atomic E-state index is 0.292. The van der Waals surface area contributed by atoms with E-state index in [0.717, 1.165) is 5.56 Å². The lowest BCUT2D eigenvalue weighted by Crippen LogP contribution is -2.60. The summed E-state index contributed by atoms with van der Waals surface area (Å²) < 4.78 is 17.2. The second kappa shape index (κ2) is 10.3. The first-order chi connectivity index (χ1) is 13.9. The molecule has 0 aliphatic carbocycles. The van der Waals surface area contributed by atoms with Crippen LogP contribution < -0.4 is 10.1 Å². The molecule has 1 saturated heterocycles. The van der Waals surface area contributed by atoms with Gasteiger partial charge in [-0.2, -0.15) is 0 Å². The molecule has 10 heteroatoms. The summed E-state index contributed by atoms with van der Waals surface area (Å²) in [7, 11) is 1.32. The van der Waals surface area contributed by atoms with Gasteiger partial charge in [0.2, 0.25) is 6.29 Å². The van der Waals surface area contributed by atoms with Crippen LogP contribution in [0.25, 0.3) is 0 Å². The van der Waals surface area contributed by atoms with Gasteiger partial charge in [0.05, 0.1) is 29.4 Å². The minimum Gasteiger partial charge on any atom is -0.460 e. The van der Waals surface area contributed by atoms with Crippen molar-refractivity contribution in [2.45, 2.75) is 82.4 Å². The van der Waals surface area contributed by atoms with Crippen LogP contribution >= 0.6 is 22.5 Å². The SMILES string of the molecule is CC(C)(C)OCc1ccc(OC2OC(CO)C(O)C(O)C2O)c(NC(C)(C)SS)c1. The molecule has 1 fully saturated rings. The largest absolute Gasteiger partial charge is 0.460 e. The number of thiol groups is 1. The van der Waals surface area contributed by atoms with Crippen LogP contribution in [-0.2, 0) is 16.1 Å². The first kappa shape index (κ1) is 25.5. The van der Waals surface area contributed by atoms with Gasteiger partial charge in [0.15, 0.2) is 0 Å². The van der Waals surface area contributed by atoms with E-state index in [9.17, 15) is 20.4 Å². The van der Waals surface area contributed by atoms with Gasteiger partial charge in [-0.15, -0.1) is 11.7 Å². The van der Waals surface area contributed by atoms with Crippen molar-refractivity contribution >= 4 is 28.1 Å². The molecular weight excluding hydrogens is 430 g/mol. The first-order valence-corrected chi connectivity index (χ1v) is 11.6. The maximum absolute atomic E-state index is 10.3. The number of ether oxygens (including phenoxy) is 3. The summed E-state index contributed by atoms with van der Waals surface area (Å²) in [5, 5.41) is 43.0. The highest BCUT2D eigenvalue weighted by molar-refractivity contribution is 8.69. The predicted octanol–water partition coefficient (Wildman–Crippen LogP) is 1.91. The minimum atomic E-state index is -1.51. The number of aliphatic hydroxyl groups excluding tert-OH is 4. The molecule has 5 unspecified atom stereocenters. The van der Waals surface area contributed by atoms with Gasteiger partial charge in [0.1, 0.15) is 30.2 Å². The van der Waals surface area contributed by atoms with Crippen LogP contribution in [0.3, 0.4) is 0 Å². The van der Waals surface area contributed by atoms with Crippen molar-refractivity contribution in [3.8, 4) is 5.75 Å². The third-order valence-electron chi connectivity index (χ3n) is 4.47. The monoisotopic (exact) mass is 463 g/mol. The molecule has 1 aliphatic heterocycles. The van der Waals surface area contributed by atoms with Gasteiger partial charge in [0.25, 0.3) is 0 Å². The van der Waals surface area contributed by atoms with Crippen LogP contribution in [0.4, 0.5) is 5.69 Å². The molecule has 30 heavy (non-hydrogen) atoms. The fourth-order valence-corrected chi connectivity index (χ4v) is 3.10. The molecule has 1 aromatic rings. The molecule has 0 spiro atoms. The molecule has 1 aromatic carbocycles. The van der Waals surface area contributed by atoms with E-state index in [1.807, 2.05) is 46.8 Å². The van der Waals surface area contributed by atoms with Crippen LogP contribution in [0.5, 0.6) is 5.75 Å². The second-order valence-corrected chi connectivity index (χ2v) is 10.5. The van der Waals surface area contributed by atoms with Crippen LogP contribution in [0.1, 0.15) is 40.2 Å². The molecular formula is C20H33NO7S2. The van der Waals surface area contributed by atoms with Crippen molar-refractivity contribution in [2.24, 2.45) is 0 Å². The van der Waals surface area contributed by atoms with E-state index in [-0.39, 0.29) is 5.60 Å². The van der Waals surface area contributed by atoms with Crippen molar-refractivity contribution in [2.75, 3.05) is 11.9 Å². The van der Waals surface area contributed by atoms with Gasteiger partial charge in [0, 0.05) is 0 Å². The Labute approximate surface area is 186 Å². The van der Waals surface area contributed by atoms with E-state index in [1.165, 1.54) is 10.8 Å². The summed E-state index contributed by atoms with van der Waals surface area (Å²) in [6, 6.07) is 5.42.